The monoisotopic (exact) mass is 337 g/mol. The van der Waals surface area contributed by atoms with E-state index in [0.717, 1.165) is 29.8 Å². The summed E-state index contributed by atoms with van der Waals surface area (Å²) in [6, 6.07) is 4.82. The molecular formula is C16H20ClN3O3. The molecule has 1 fully saturated rings. The second-order valence-electron chi connectivity index (χ2n) is 5.83. The number of fused-ring (bicyclic) bond motifs is 1. The molecule has 2 N–H and O–H groups in total. The van der Waals surface area contributed by atoms with E-state index in [0.29, 0.717) is 18.1 Å². The smallest absolute Gasteiger partial charge is 0.241 e. The van der Waals surface area contributed by atoms with Crippen LogP contribution < -0.4 is 5.73 Å². The van der Waals surface area contributed by atoms with Gasteiger partial charge in [0.15, 0.2) is 11.5 Å². The van der Waals surface area contributed by atoms with Gasteiger partial charge in [0.05, 0.1) is 6.61 Å². The maximum atomic E-state index is 12.2. The molecule has 0 bridgehead atoms. The third kappa shape index (κ3) is 3.49. The molecule has 0 saturated carbocycles. The molecule has 1 aliphatic rings. The van der Waals surface area contributed by atoms with Gasteiger partial charge in [-0.05, 0) is 31.0 Å². The molecule has 6 nitrogen and oxygen atoms in total. The Hall–Kier alpha value is -1.63. The number of oxazole rings is 1. The van der Waals surface area contributed by atoms with Crippen LogP contribution in [-0.2, 0) is 9.53 Å². The van der Waals surface area contributed by atoms with E-state index in [4.69, 9.17) is 26.5 Å². The zero-order valence-corrected chi connectivity index (χ0v) is 13.8. The zero-order valence-electron chi connectivity index (χ0n) is 13.0. The predicted octanol–water partition coefficient (Wildman–Crippen LogP) is 2.16. The quantitative estimate of drug-likeness (QED) is 0.924. The van der Waals surface area contributed by atoms with Crippen molar-refractivity contribution in [3.63, 3.8) is 0 Å². The molecule has 23 heavy (non-hydrogen) atoms. The average molecular weight is 338 g/mol. The van der Waals surface area contributed by atoms with E-state index in [-0.39, 0.29) is 18.4 Å². The minimum atomic E-state index is -0.594. The summed E-state index contributed by atoms with van der Waals surface area (Å²) in [6.07, 6.45) is 1.62. The Morgan fingerprint density at radius 1 is 1.52 bits per heavy atom. The summed E-state index contributed by atoms with van der Waals surface area (Å²) in [5.41, 5.74) is 7.32. The Morgan fingerprint density at radius 2 is 2.26 bits per heavy atom. The Morgan fingerprint density at radius 3 is 2.96 bits per heavy atom. The van der Waals surface area contributed by atoms with Crippen LogP contribution in [0.2, 0.25) is 5.02 Å². The van der Waals surface area contributed by atoms with E-state index < -0.39 is 6.04 Å². The number of hydrogen-bond donors (Lipinski definition) is 1. The first kappa shape index (κ1) is 16.2. The molecule has 7 heteroatoms. The molecule has 0 radical (unpaired) electrons. The van der Waals surface area contributed by atoms with Gasteiger partial charge in [-0.1, -0.05) is 11.6 Å². The van der Waals surface area contributed by atoms with E-state index in [1.165, 1.54) is 0 Å². The van der Waals surface area contributed by atoms with Crippen molar-refractivity contribution in [2.75, 3.05) is 26.8 Å². The van der Waals surface area contributed by atoms with Gasteiger partial charge < -0.3 is 19.8 Å². The molecule has 1 aromatic heterocycles. The average Bonchev–Trinajstić information content (AvgIpc) is 2.97. The maximum Gasteiger partial charge on any atom is 0.241 e. The summed E-state index contributed by atoms with van der Waals surface area (Å²) in [5, 5.41) is 0.643. The van der Waals surface area contributed by atoms with Gasteiger partial charge in [-0.25, -0.2) is 4.98 Å². The third-order valence-electron chi connectivity index (χ3n) is 4.19. The number of piperidine rings is 1. The number of halogens is 1. The summed E-state index contributed by atoms with van der Waals surface area (Å²) in [6.45, 7) is 1.55. The minimum Gasteiger partial charge on any atom is -0.440 e. The van der Waals surface area contributed by atoms with Crippen molar-refractivity contribution in [3.8, 4) is 0 Å². The summed E-state index contributed by atoms with van der Waals surface area (Å²) < 4.78 is 10.8. The maximum absolute atomic E-state index is 12.2. The Bertz CT molecular complexity index is 695. The van der Waals surface area contributed by atoms with Crippen LogP contribution in [0, 0.1) is 0 Å². The standard InChI is InChI=1S/C16H20ClN3O3/c1-22-9-12(18)16(21)20-6-4-10(5-7-20)15-19-13-8-11(17)2-3-14(13)23-15/h2-3,8,10,12H,4-7,9,18H2,1H3. The molecule has 1 aromatic carbocycles. The van der Waals surface area contributed by atoms with Gasteiger partial charge in [0.2, 0.25) is 5.91 Å². The molecule has 1 amide bonds. The fourth-order valence-electron chi connectivity index (χ4n) is 2.93. The number of nitrogens with zero attached hydrogens (tertiary/aromatic N) is 2. The lowest BCUT2D eigenvalue weighted by molar-refractivity contribution is -0.134. The lowest BCUT2D eigenvalue weighted by Crippen LogP contribution is -2.48. The summed E-state index contributed by atoms with van der Waals surface area (Å²) >= 11 is 5.98. The molecule has 1 saturated heterocycles. The van der Waals surface area contributed by atoms with Crippen LogP contribution in [0.25, 0.3) is 11.1 Å². The number of nitrogens with two attached hydrogens (primary N) is 1. The van der Waals surface area contributed by atoms with Crippen LogP contribution >= 0.6 is 11.6 Å². The minimum absolute atomic E-state index is 0.0605. The van der Waals surface area contributed by atoms with Crippen LogP contribution in [0.3, 0.4) is 0 Å². The van der Waals surface area contributed by atoms with Gasteiger partial charge in [-0.2, -0.15) is 0 Å². The first-order valence-corrected chi connectivity index (χ1v) is 8.05. The number of amides is 1. The van der Waals surface area contributed by atoms with Crippen molar-refractivity contribution in [2.45, 2.75) is 24.8 Å². The van der Waals surface area contributed by atoms with Crippen molar-refractivity contribution < 1.29 is 13.9 Å². The third-order valence-corrected chi connectivity index (χ3v) is 4.42. The van der Waals surface area contributed by atoms with E-state index in [2.05, 4.69) is 4.98 Å². The first-order chi connectivity index (χ1) is 11.1. The first-order valence-electron chi connectivity index (χ1n) is 7.68. The molecular weight excluding hydrogens is 318 g/mol. The number of hydrogen-bond acceptors (Lipinski definition) is 5. The van der Waals surface area contributed by atoms with E-state index in [1.807, 2.05) is 6.07 Å². The highest BCUT2D eigenvalue weighted by atomic mass is 35.5. The van der Waals surface area contributed by atoms with Crippen molar-refractivity contribution in [1.82, 2.24) is 9.88 Å². The zero-order chi connectivity index (χ0) is 16.4. The van der Waals surface area contributed by atoms with Crippen LogP contribution in [0.4, 0.5) is 0 Å². The highest BCUT2D eigenvalue weighted by Gasteiger charge is 2.29. The van der Waals surface area contributed by atoms with Crippen LogP contribution in [0.15, 0.2) is 22.6 Å². The normalized spacial score (nSPS) is 17.6. The fourth-order valence-corrected chi connectivity index (χ4v) is 3.09. The van der Waals surface area contributed by atoms with Gasteiger partial charge in [0.25, 0.3) is 0 Å². The summed E-state index contributed by atoms with van der Waals surface area (Å²) in [5.74, 6) is 0.870. The second-order valence-corrected chi connectivity index (χ2v) is 6.26. The molecule has 1 aliphatic heterocycles. The van der Waals surface area contributed by atoms with Crippen LogP contribution in [0.5, 0.6) is 0 Å². The molecule has 3 rings (SSSR count). The molecule has 1 unspecified atom stereocenters. The van der Waals surface area contributed by atoms with E-state index in [1.54, 1.807) is 24.1 Å². The van der Waals surface area contributed by atoms with Gasteiger partial charge in [0, 0.05) is 31.1 Å². The number of rotatable bonds is 4. The summed E-state index contributed by atoms with van der Waals surface area (Å²) in [7, 11) is 1.54. The number of carbonyl (C=O) groups is 1. The summed E-state index contributed by atoms with van der Waals surface area (Å²) in [4.78, 5) is 18.5. The molecule has 2 aromatic rings. The number of ether oxygens (including phenoxy) is 1. The SMILES string of the molecule is COCC(N)C(=O)N1CCC(c2nc3cc(Cl)ccc3o2)CC1. The second kappa shape index (κ2) is 6.86. The van der Waals surface area contributed by atoms with Crippen molar-refractivity contribution in [1.29, 1.82) is 0 Å². The van der Waals surface area contributed by atoms with Crippen molar-refractivity contribution in [3.05, 3.63) is 29.1 Å². The number of methoxy groups -OCH3 is 1. The van der Waals surface area contributed by atoms with E-state index >= 15 is 0 Å². The molecule has 2 heterocycles. The number of likely N-dealkylation sites (tertiary alicyclic amines) is 1. The van der Waals surface area contributed by atoms with Gasteiger partial charge in [0.1, 0.15) is 11.6 Å². The van der Waals surface area contributed by atoms with Gasteiger partial charge in [-0.3, -0.25) is 4.79 Å². The highest BCUT2D eigenvalue weighted by Crippen LogP contribution is 2.30. The highest BCUT2D eigenvalue weighted by molar-refractivity contribution is 6.31. The topological polar surface area (TPSA) is 81.6 Å². The Kier molecular flexibility index (Phi) is 4.84. The fraction of sp³-hybridized carbons (Fsp3) is 0.500. The molecule has 0 spiro atoms. The number of carbonyl (C=O) groups excluding carboxylic acids is 1. The van der Waals surface area contributed by atoms with Crippen LogP contribution in [-0.4, -0.2) is 48.6 Å². The van der Waals surface area contributed by atoms with Crippen molar-refractivity contribution >= 4 is 28.6 Å². The predicted molar refractivity (Wildman–Crippen MR) is 87.4 cm³/mol. The lowest BCUT2D eigenvalue weighted by Gasteiger charge is -2.32. The number of benzene rings is 1. The molecule has 0 aliphatic carbocycles. The van der Waals surface area contributed by atoms with Gasteiger partial charge >= 0.3 is 0 Å². The Balaban J connectivity index is 1.65. The molecule has 124 valence electrons. The lowest BCUT2D eigenvalue weighted by atomic mass is 9.96. The van der Waals surface area contributed by atoms with Crippen molar-refractivity contribution in [2.24, 2.45) is 5.73 Å². The number of aromatic nitrogens is 1. The largest absolute Gasteiger partial charge is 0.440 e. The molecule has 1 atom stereocenters. The Labute approximate surface area is 139 Å². The van der Waals surface area contributed by atoms with Gasteiger partial charge in [-0.15, -0.1) is 0 Å². The van der Waals surface area contributed by atoms with Crippen LogP contribution in [0.1, 0.15) is 24.7 Å². The van der Waals surface area contributed by atoms with E-state index in [9.17, 15) is 4.79 Å².